The van der Waals surface area contributed by atoms with Crippen LogP contribution >= 0.6 is 0 Å². The van der Waals surface area contributed by atoms with Crippen molar-refractivity contribution in [3.63, 3.8) is 0 Å². The number of likely N-dealkylation sites (tertiary alicyclic amines) is 1. The van der Waals surface area contributed by atoms with Crippen LogP contribution in [0.2, 0.25) is 0 Å². The van der Waals surface area contributed by atoms with Gasteiger partial charge in [0.25, 0.3) is 10.0 Å². The van der Waals surface area contributed by atoms with E-state index in [4.69, 9.17) is 9.47 Å². The van der Waals surface area contributed by atoms with Crippen molar-refractivity contribution in [3.05, 3.63) is 42.5 Å². The second-order valence-corrected chi connectivity index (χ2v) is 9.07. The Morgan fingerprint density at radius 1 is 0.967 bits per heavy atom. The third-order valence-corrected chi connectivity index (χ3v) is 6.51. The van der Waals surface area contributed by atoms with E-state index in [1.54, 1.807) is 30.3 Å². The minimum absolute atomic E-state index is 0.0795. The van der Waals surface area contributed by atoms with Gasteiger partial charge >= 0.3 is 0 Å². The number of nitrogens with zero attached hydrogens (tertiary/aromatic N) is 1. The SMILES string of the molecule is C[C@@H](Nc1ccc(NS(=O)(=O)c2ccc3c(c2)OCCO3)cc1)C(=O)N1CCCC1. The van der Waals surface area contributed by atoms with Crippen molar-refractivity contribution in [1.29, 1.82) is 0 Å². The Hall–Kier alpha value is -2.94. The van der Waals surface area contributed by atoms with Crippen molar-refractivity contribution in [2.45, 2.75) is 30.7 Å². The number of carbonyl (C=O) groups is 1. The molecule has 1 atom stereocenters. The van der Waals surface area contributed by atoms with E-state index >= 15 is 0 Å². The van der Waals surface area contributed by atoms with Gasteiger partial charge in [0, 0.05) is 30.5 Å². The lowest BCUT2D eigenvalue weighted by Crippen LogP contribution is -2.39. The molecule has 0 aromatic heterocycles. The number of anilines is 2. The Morgan fingerprint density at radius 2 is 1.60 bits per heavy atom. The van der Waals surface area contributed by atoms with E-state index in [0.717, 1.165) is 31.6 Å². The van der Waals surface area contributed by atoms with E-state index in [1.165, 1.54) is 12.1 Å². The summed E-state index contributed by atoms with van der Waals surface area (Å²) in [6.45, 7) is 4.28. The minimum atomic E-state index is -3.77. The molecule has 2 aromatic carbocycles. The molecule has 30 heavy (non-hydrogen) atoms. The molecule has 0 aliphatic carbocycles. The molecule has 160 valence electrons. The number of hydrogen-bond donors (Lipinski definition) is 2. The normalized spacial score (nSPS) is 16.8. The van der Waals surface area contributed by atoms with Crippen LogP contribution in [0.1, 0.15) is 19.8 Å². The summed E-state index contributed by atoms with van der Waals surface area (Å²) in [7, 11) is -3.77. The Labute approximate surface area is 176 Å². The summed E-state index contributed by atoms with van der Waals surface area (Å²) >= 11 is 0. The molecule has 2 aliphatic rings. The van der Waals surface area contributed by atoms with Crippen LogP contribution in [0, 0.1) is 0 Å². The predicted molar refractivity (Wildman–Crippen MR) is 114 cm³/mol. The molecule has 0 bridgehead atoms. The quantitative estimate of drug-likeness (QED) is 0.730. The summed E-state index contributed by atoms with van der Waals surface area (Å²) < 4.78 is 38.9. The van der Waals surface area contributed by atoms with Crippen LogP contribution in [0.4, 0.5) is 11.4 Å². The number of carbonyl (C=O) groups excluding carboxylic acids is 1. The maximum Gasteiger partial charge on any atom is 0.262 e. The predicted octanol–water partition coefficient (Wildman–Crippen LogP) is 2.68. The van der Waals surface area contributed by atoms with Gasteiger partial charge in [-0.2, -0.15) is 0 Å². The van der Waals surface area contributed by atoms with Gasteiger partial charge in [0.05, 0.1) is 4.90 Å². The molecular weight excluding hydrogens is 406 g/mol. The highest BCUT2D eigenvalue weighted by Gasteiger charge is 2.23. The van der Waals surface area contributed by atoms with Crippen LogP contribution in [0.5, 0.6) is 11.5 Å². The first-order valence-electron chi connectivity index (χ1n) is 10.0. The molecule has 2 aromatic rings. The van der Waals surface area contributed by atoms with E-state index < -0.39 is 10.0 Å². The van der Waals surface area contributed by atoms with Crippen molar-refractivity contribution in [1.82, 2.24) is 4.90 Å². The lowest BCUT2D eigenvalue weighted by atomic mass is 10.2. The van der Waals surface area contributed by atoms with Crippen LogP contribution in [0.15, 0.2) is 47.4 Å². The molecule has 4 rings (SSSR count). The van der Waals surface area contributed by atoms with Crippen LogP contribution in [0.25, 0.3) is 0 Å². The Kier molecular flexibility index (Phi) is 5.72. The third-order valence-electron chi connectivity index (χ3n) is 5.13. The molecule has 0 spiro atoms. The van der Waals surface area contributed by atoms with Gasteiger partial charge in [-0.15, -0.1) is 0 Å². The van der Waals surface area contributed by atoms with Crippen molar-refractivity contribution in [2.75, 3.05) is 36.3 Å². The highest BCUT2D eigenvalue weighted by Crippen LogP contribution is 2.32. The Bertz CT molecular complexity index is 1020. The summed E-state index contributed by atoms with van der Waals surface area (Å²) in [6.07, 6.45) is 2.10. The number of sulfonamides is 1. The second-order valence-electron chi connectivity index (χ2n) is 7.39. The standard InChI is InChI=1S/C21H25N3O5S/c1-15(21(25)24-10-2-3-11-24)22-16-4-6-17(7-5-16)23-30(26,27)18-8-9-19-20(14-18)29-13-12-28-19/h4-9,14-15,22-23H,2-3,10-13H2,1H3/t15-/m1/s1. The highest BCUT2D eigenvalue weighted by molar-refractivity contribution is 7.92. The van der Waals surface area contributed by atoms with E-state index in [0.29, 0.717) is 30.4 Å². The van der Waals surface area contributed by atoms with E-state index in [1.807, 2.05) is 11.8 Å². The van der Waals surface area contributed by atoms with Crippen molar-refractivity contribution in [3.8, 4) is 11.5 Å². The molecule has 1 fully saturated rings. The molecule has 1 saturated heterocycles. The van der Waals surface area contributed by atoms with E-state index in [-0.39, 0.29) is 16.8 Å². The molecule has 2 aliphatic heterocycles. The summed E-state index contributed by atoms with van der Waals surface area (Å²) in [5.74, 6) is 1.03. The van der Waals surface area contributed by atoms with Gasteiger partial charge in [-0.25, -0.2) is 8.42 Å². The monoisotopic (exact) mass is 431 g/mol. The van der Waals surface area contributed by atoms with Crippen molar-refractivity contribution >= 4 is 27.3 Å². The minimum Gasteiger partial charge on any atom is -0.486 e. The fourth-order valence-electron chi connectivity index (χ4n) is 3.56. The van der Waals surface area contributed by atoms with Gasteiger partial charge in [-0.1, -0.05) is 0 Å². The first kappa shape index (κ1) is 20.3. The fraction of sp³-hybridized carbons (Fsp3) is 0.381. The summed E-state index contributed by atoms with van der Waals surface area (Å²) in [5.41, 5.74) is 1.17. The fourth-order valence-corrected chi connectivity index (χ4v) is 4.64. The molecule has 9 heteroatoms. The van der Waals surface area contributed by atoms with Gasteiger partial charge in [-0.3, -0.25) is 9.52 Å². The summed E-state index contributed by atoms with van der Waals surface area (Å²) in [6, 6.07) is 11.0. The zero-order valence-electron chi connectivity index (χ0n) is 16.8. The maximum atomic E-state index is 12.7. The van der Waals surface area contributed by atoms with Gasteiger partial charge in [-0.05, 0) is 56.2 Å². The maximum absolute atomic E-state index is 12.7. The van der Waals surface area contributed by atoms with Crippen molar-refractivity contribution in [2.24, 2.45) is 0 Å². The van der Waals surface area contributed by atoms with E-state index in [2.05, 4.69) is 10.0 Å². The third kappa shape index (κ3) is 4.46. The van der Waals surface area contributed by atoms with Crippen LogP contribution in [-0.4, -0.2) is 51.6 Å². The lowest BCUT2D eigenvalue weighted by Gasteiger charge is -2.22. The second kappa shape index (κ2) is 8.43. The molecule has 2 heterocycles. The van der Waals surface area contributed by atoms with Gasteiger partial charge in [0.1, 0.15) is 19.3 Å². The van der Waals surface area contributed by atoms with Crippen LogP contribution in [-0.2, 0) is 14.8 Å². The molecule has 0 unspecified atom stereocenters. The molecule has 1 amide bonds. The van der Waals surface area contributed by atoms with Gasteiger partial charge in [0.15, 0.2) is 11.5 Å². The Balaban J connectivity index is 1.40. The molecule has 8 nitrogen and oxygen atoms in total. The topological polar surface area (TPSA) is 97.0 Å². The molecule has 2 N–H and O–H groups in total. The van der Waals surface area contributed by atoms with Crippen LogP contribution in [0.3, 0.4) is 0 Å². The number of rotatable bonds is 6. The van der Waals surface area contributed by atoms with Crippen LogP contribution < -0.4 is 19.5 Å². The average Bonchev–Trinajstić information content (AvgIpc) is 3.29. The number of fused-ring (bicyclic) bond motifs is 1. The first-order valence-corrected chi connectivity index (χ1v) is 11.5. The number of benzene rings is 2. The zero-order chi connectivity index (χ0) is 21.1. The largest absolute Gasteiger partial charge is 0.486 e. The number of ether oxygens (including phenoxy) is 2. The first-order chi connectivity index (χ1) is 14.4. The number of hydrogen-bond acceptors (Lipinski definition) is 6. The average molecular weight is 432 g/mol. The lowest BCUT2D eigenvalue weighted by molar-refractivity contribution is -0.130. The number of nitrogens with one attached hydrogen (secondary N) is 2. The Morgan fingerprint density at radius 3 is 2.30 bits per heavy atom. The van der Waals surface area contributed by atoms with Crippen molar-refractivity contribution < 1.29 is 22.7 Å². The van der Waals surface area contributed by atoms with E-state index in [9.17, 15) is 13.2 Å². The van der Waals surface area contributed by atoms with Gasteiger partial charge in [0.2, 0.25) is 5.91 Å². The molecular formula is C21H25N3O5S. The van der Waals surface area contributed by atoms with Gasteiger partial charge < -0.3 is 19.7 Å². The summed E-state index contributed by atoms with van der Waals surface area (Å²) in [4.78, 5) is 14.4. The smallest absolute Gasteiger partial charge is 0.262 e. The zero-order valence-corrected chi connectivity index (χ0v) is 17.6. The molecule has 0 radical (unpaired) electrons. The summed E-state index contributed by atoms with van der Waals surface area (Å²) in [5, 5.41) is 3.18. The molecule has 0 saturated carbocycles. The highest BCUT2D eigenvalue weighted by atomic mass is 32.2. The number of amides is 1.